The van der Waals surface area contributed by atoms with E-state index in [1.807, 2.05) is 29.8 Å². The van der Waals surface area contributed by atoms with Gasteiger partial charge in [-0.05, 0) is 30.9 Å². The number of nitrogens with two attached hydrogens (primary N) is 2. The second-order valence-electron chi connectivity index (χ2n) is 5.78. The SMILES string of the molecule is Nc1ccccc1-c1ccc2c(c1Cl)N[NH2+]N2CC1CC1. The van der Waals surface area contributed by atoms with Crippen LogP contribution in [0.25, 0.3) is 11.1 Å². The molecule has 1 saturated carbocycles. The molecule has 5 heteroatoms. The van der Waals surface area contributed by atoms with Gasteiger partial charge in [0.25, 0.3) is 0 Å². The summed E-state index contributed by atoms with van der Waals surface area (Å²) < 4.78 is 0. The van der Waals surface area contributed by atoms with E-state index in [9.17, 15) is 0 Å². The number of nitrogen functional groups attached to an aromatic ring is 2. The second kappa shape index (κ2) is 4.83. The Kier molecular flexibility index (Phi) is 2.94. The average Bonchev–Trinajstić information content (AvgIpc) is 3.20. The highest BCUT2D eigenvalue weighted by molar-refractivity contribution is 6.37. The minimum Gasteiger partial charge on any atom is -0.398 e. The van der Waals surface area contributed by atoms with E-state index in [2.05, 4.69) is 22.6 Å². The zero-order valence-electron chi connectivity index (χ0n) is 11.6. The molecule has 0 spiro atoms. The van der Waals surface area contributed by atoms with Crippen molar-refractivity contribution in [2.24, 2.45) is 5.92 Å². The van der Waals surface area contributed by atoms with Crippen LogP contribution in [0.4, 0.5) is 17.1 Å². The van der Waals surface area contributed by atoms with Crippen molar-refractivity contribution in [3.63, 3.8) is 0 Å². The Hall–Kier alpha value is -1.91. The molecule has 108 valence electrons. The van der Waals surface area contributed by atoms with E-state index in [4.69, 9.17) is 17.3 Å². The molecule has 5 N–H and O–H groups in total. The number of hydrogen-bond donors (Lipinski definition) is 3. The highest BCUT2D eigenvalue weighted by Crippen LogP contribution is 2.42. The lowest BCUT2D eigenvalue weighted by molar-refractivity contribution is -0.631. The van der Waals surface area contributed by atoms with Crippen molar-refractivity contribution in [1.29, 1.82) is 0 Å². The number of quaternary nitrogens is 1. The van der Waals surface area contributed by atoms with Crippen LogP contribution < -0.4 is 21.7 Å². The third-order valence-corrected chi connectivity index (χ3v) is 4.59. The van der Waals surface area contributed by atoms with Crippen LogP contribution in [0.2, 0.25) is 5.02 Å². The van der Waals surface area contributed by atoms with Crippen molar-refractivity contribution in [3.05, 3.63) is 41.4 Å². The fourth-order valence-corrected chi connectivity index (χ4v) is 3.15. The number of hydrogen-bond acceptors (Lipinski definition) is 3. The molecule has 1 aliphatic carbocycles. The van der Waals surface area contributed by atoms with Gasteiger partial charge in [-0.1, -0.05) is 35.9 Å². The number of halogens is 1. The standard InChI is InChI=1S/C16H17ClN4/c17-15-12(11-3-1-2-4-13(11)18)7-8-14-16(15)19-20-21(14)9-10-5-6-10/h1-4,7-8,10,19-20H,5-6,9,18H2/p+1. The lowest BCUT2D eigenvalue weighted by Crippen LogP contribution is -2.95. The van der Waals surface area contributed by atoms with Crippen molar-refractivity contribution >= 4 is 28.7 Å². The van der Waals surface area contributed by atoms with Gasteiger partial charge in [-0.3, -0.25) is 0 Å². The first-order chi connectivity index (χ1) is 10.2. The normalized spacial score (nSPS) is 16.7. The van der Waals surface area contributed by atoms with Gasteiger partial charge in [0.2, 0.25) is 0 Å². The molecule has 0 radical (unpaired) electrons. The summed E-state index contributed by atoms with van der Waals surface area (Å²) >= 11 is 6.61. The smallest absolute Gasteiger partial charge is 0.135 e. The molecule has 1 fully saturated rings. The summed E-state index contributed by atoms with van der Waals surface area (Å²) in [5.41, 5.74) is 16.2. The molecule has 0 saturated heterocycles. The molecule has 0 atom stereocenters. The highest BCUT2D eigenvalue weighted by atomic mass is 35.5. The molecule has 21 heavy (non-hydrogen) atoms. The molecule has 1 heterocycles. The van der Waals surface area contributed by atoms with Gasteiger partial charge in [-0.15, -0.1) is 5.53 Å². The summed E-state index contributed by atoms with van der Waals surface area (Å²) in [6.45, 7) is 1.07. The number of rotatable bonds is 3. The van der Waals surface area contributed by atoms with Crippen LogP contribution >= 0.6 is 11.6 Å². The van der Waals surface area contributed by atoms with Crippen molar-refractivity contribution in [1.82, 2.24) is 0 Å². The van der Waals surface area contributed by atoms with Crippen LogP contribution in [0, 0.1) is 5.92 Å². The van der Waals surface area contributed by atoms with Gasteiger partial charge >= 0.3 is 0 Å². The molecule has 0 amide bonds. The molecule has 0 aromatic heterocycles. The lowest BCUT2D eigenvalue weighted by atomic mass is 10.0. The molecule has 2 aromatic rings. The first-order valence-corrected chi connectivity index (χ1v) is 7.66. The minimum atomic E-state index is 0.736. The third kappa shape index (κ3) is 2.20. The molecule has 4 nitrogen and oxygen atoms in total. The van der Waals surface area contributed by atoms with Gasteiger partial charge in [0.15, 0.2) is 0 Å². The number of anilines is 3. The van der Waals surface area contributed by atoms with Crippen molar-refractivity contribution < 1.29 is 5.53 Å². The summed E-state index contributed by atoms with van der Waals surface area (Å²) in [5.74, 6) is 0.831. The zero-order chi connectivity index (χ0) is 14.4. The van der Waals surface area contributed by atoms with E-state index < -0.39 is 0 Å². The van der Waals surface area contributed by atoms with Crippen LogP contribution in [-0.4, -0.2) is 6.54 Å². The van der Waals surface area contributed by atoms with Gasteiger partial charge in [-0.2, -0.15) is 0 Å². The molecule has 0 unspecified atom stereocenters. The van der Waals surface area contributed by atoms with Crippen LogP contribution in [0.3, 0.4) is 0 Å². The first-order valence-electron chi connectivity index (χ1n) is 7.28. The quantitative estimate of drug-likeness (QED) is 0.603. The molecular weight excluding hydrogens is 284 g/mol. The third-order valence-electron chi connectivity index (χ3n) is 4.20. The second-order valence-corrected chi connectivity index (χ2v) is 6.16. The van der Waals surface area contributed by atoms with Gasteiger partial charge in [-0.25, -0.2) is 10.4 Å². The van der Waals surface area contributed by atoms with E-state index in [0.717, 1.165) is 45.7 Å². The maximum Gasteiger partial charge on any atom is 0.135 e. The molecule has 2 aromatic carbocycles. The Bertz CT molecular complexity index is 697. The van der Waals surface area contributed by atoms with E-state index in [0.29, 0.717) is 0 Å². The molecule has 4 rings (SSSR count). The van der Waals surface area contributed by atoms with E-state index in [-0.39, 0.29) is 0 Å². The van der Waals surface area contributed by atoms with Gasteiger partial charge in [0, 0.05) is 16.8 Å². The molecular formula is C16H18ClN4+. The van der Waals surface area contributed by atoms with Crippen molar-refractivity contribution in [3.8, 4) is 11.1 Å². The Morgan fingerprint density at radius 3 is 2.76 bits per heavy atom. The lowest BCUT2D eigenvalue weighted by Gasteiger charge is -2.13. The largest absolute Gasteiger partial charge is 0.398 e. The van der Waals surface area contributed by atoms with Crippen molar-refractivity contribution in [2.45, 2.75) is 12.8 Å². The summed E-state index contributed by atoms with van der Waals surface area (Å²) in [7, 11) is 0. The molecule has 0 bridgehead atoms. The summed E-state index contributed by atoms with van der Waals surface area (Å²) in [6, 6.07) is 12.0. The van der Waals surface area contributed by atoms with Crippen molar-refractivity contribution in [2.75, 3.05) is 22.7 Å². The Labute approximate surface area is 128 Å². The van der Waals surface area contributed by atoms with E-state index in [1.54, 1.807) is 0 Å². The van der Waals surface area contributed by atoms with Gasteiger partial charge < -0.3 is 5.73 Å². The Morgan fingerprint density at radius 2 is 2.00 bits per heavy atom. The molecule has 1 aliphatic heterocycles. The Balaban J connectivity index is 1.74. The summed E-state index contributed by atoms with van der Waals surface area (Å²) in [6.07, 6.45) is 2.68. The zero-order valence-corrected chi connectivity index (χ0v) is 12.4. The van der Waals surface area contributed by atoms with Crippen LogP contribution in [0.5, 0.6) is 0 Å². The van der Waals surface area contributed by atoms with Gasteiger partial charge in [0.05, 0.1) is 11.6 Å². The number of fused-ring (bicyclic) bond motifs is 1. The fraction of sp³-hybridized carbons (Fsp3) is 0.250. The highest BCUT2D eigenvalue weighted by Gasteiger charge is 2.32. The topological polar surface area (TPSA) is 57.9 Å². The maximum atomic E-state index is 6.61. The minimum absolute atomic E-state index is 0.736. The predicted octanol–water partition coefficient (Wildman–Crippen LogP) is 2.62. The molecule has 2 aliphatic rings. The average molecular weight is 302 g/mol. The van der Waals surface area contributed by atoms with Gasteiger partial charge in [0.1, 0.15) is 11.4 Å². The summed E-state index contributed by atoms with van der Waals surface area (Å²) in [5, 5.41) is 3.00. The number of nitrogens with one attached hydrogen (secondary N) is 1. The van der Waals surface area contributed by atoms with Crippen LogP contribution in [0.15, 0.2) is 36.4 Å². The maximum absolute atomic E-state index is 6.61. The predicted molar refractivity (Wildman–Crippen MR) is 86.9 cm³/mol. The number of nitrogens with zero attached hydrogens (tertiary/aromatic N) is 1. The van der Waals surface area contributed by atoms with Crippen LogP contribution in [-0.2, 0) is 0 Å². The fourth-order valence-electron chi connectivity index (χ4n) is 2.83. The monoisotopic (exact) mass is 301 g/mol. The van der Waals surface area contributed by atoms with E-state index >= 15 is 0 Å². The Morgan fingerprint density at radius 1 is 1.19 bits per heavy atom. The number of benzene rings is 2. The summed E-state index contributed by atoms with van der Waals surface area (Å²) in [4.78, 5) is 0. The first kappa shape index (κ1) is 12.8. The number of para-hydroxylation sites is 1. The van der Waals surface area contributed by atoms with E-state index in [1.165, 1.54) is 12.8 Å². The van der Waals surface area contributed by atoms with Crippen LogP contribution in [0.1, 0.15) is 12.8 Å².